The van der Waals surface area contributed by atoms with Crippen molar-refractivity contribution in [3.63, 3.8) is 0 Å². The van der Waals surface area contributed by atoms with Crippen LogP contribution in [0.25, 0.3) is 0 Å². The predicted octanol–water partition coefficient (Wildman–Crippen LogP) is 3.26. The summed E-state index contributed by atoms with van der Waals surface area (Å²) >= 11 is 3.48. The van der Waals surface area contributed by atoms with Gasteiger partial charge < -0.3 is 10.5 Å². The van der Waals surface area contributed by atoms with Crippen LogP contribution in [0.5, 0.6) is 5.75 Å². The number of hydrogen-bond donors (Lipinski definition) is 1. The van der Waals surface area contributed by atoms with Gasteiger partial charge in [-0.2, -0.15) is 0 Å². The summed E-state index contributed by atoms with van der Waals surface area (Å²) in [4.78, 5) is 0. The molecule has 1 fully saturated rings. The fraction of sp³-hybridized carbons (Fsp3) is 0.500. The van der Waals surface area contributed by atoms with Gasteiger partial charge in [-0.25, -0.2) is 0 Å². The molecule has 1 aliphatic rings. The molecule has 15 heavy (non-hydrogen) atoms. The molecular formula is C12H16BrNO. The average molecular weight is 270 g/mol. The lowest BCUT2D eigenvalue weighted by molar-refractivity contribution is 0.411. The van der Waals surface area contributed by atoms with Crippen molar-refractivity contribution < 1.29 is 4.74 Å². The summed E-state index contributed by atoms with van der Waals surface area (Å²) in [6.07, 6.45) is 3.81. The van der Waals surface area contributed by atoms with Crippen molar-refractivity contribution >= 4 is 15.9 Å². The van der Waals surface area contributed by atoms with Crippen LogP contribution in [0.1, 0.15) is 30.9 Å². The van der Waals surface area contributed by atoms with Gasteiger partial charge in [0.25, 0.3) is 0 Å². The number of halogens is 1. The summed E-state index contributed by atoms with van der Waals surface area (Å²) in [6, 6.07) is 6.24. The Morgan fingerprint density at radius 2 is 2.27 bits per heavy atom. The summed E-state index contributed by atoms with van der Waals surface area (Å²) in [6.45, 7) is 0. The largest absolute Gasteiger partial charge is 0.496 e. The van der Waals surface area contributed by atoms with Crippen LogP contribution in [0.15, 0.2) is 22.7 Å². The third-order valence-electron chi connectivity index (χ3n) is 2.89. The fourth-order valence-corrected chi connectivity index (χ4v) is 2.32. The van der Waals surface area contributed by atoms with E-state index in [4.69, 9.17) is 10.5 Å². The van der Waals surface area contributed by atoms with Crippen LogP contribution in [-0.4, -0.2) is 7.11 Å². The third kappa shape index (κ3) is 2.73. The van der Waals surface area contributed by atoms with Crippen LogP contribution < -0.4 is 10.5 Å². The van der Waals surface area contributed by atoms with Crippen molar-refractivity contribution in [3.05, 3.63) is 28.2 Å². The van der Waals surface area contributed by atoms with Crippen LogP contribution in [-0.2, 0) is 0 Å². The zero-order valence-corrected chi connectivity index (χ0v) is 10.5. The lowest BCUT2D eigenvalue weighted by Gasteiger charge is -2.13. The molecule has 3 heteroatoms. The smallest absolute Gasteiger partial charge is 0.133 e. The molecule has 2 N–H and O–H groups in total. The van der Waals surface area contributed by atoms with Crippen LogP contribution in [0.3, 0.4) is 0 Å². The van der Waals surface area contributed by atoms with Gasteiger partial charge in [0.15, 0.2) is 0 Å². The summed E-state index contributed by atoms with van der Waals surface area (Å²) in [7, 11) is 1.67. The van der Waals surface area contributed by atoms with E-state index in [0.29, 0.717) is 0 Å². The summed E-state index contributed by atoms with van der Waals surface area (Å²) in [5.74, 6) is 1.72. The minimum absolute atomic E-state index is 0.166. The Hall–Kier alpha value is -0.540. The molecule has 0 spiro atoms. The zero-order chi connectivity index (χ0) is 10.8. The van der Waals surface area contributed by atoms with E-state index in [0.717, 1.165) is 22.6 Å². The first-order chi connectivity index (χ1) is 7.20. The number of benzene rings is 1. The molecule has 0 amide bonds. The Kier molecular flexibility index (Phi) is 3.32. The minimum atomic E-state index is 0.166. The van der Waals surface area contributed by atoms with Gasteiger partial charge in [0.05, 0.1) is 11.6 Å². The highest BCUT2D eigenvalue weighted by Crippen LogP contribution is 2.37. The maximum Gasteiger partial charge on any atom is 0.133 e. The van der Waals surface area contributed by atoms with Crippen LogP contribution in [0.2, 0.25) is 0 Å². The molecule has 1 aliphatic carbocycles. The maximum atomic E-state index is 6.13. The predicted molar refractivity (Wildman–Crippen MR) is 65.0 cm³/mol. The van der Waals surface area contributed by atoms with E-state index in [-0.39, 0.29) is 6.04 Å². The molecule has 1 saturated carbocycles. The van der Waals surface area contributed by atoms with Gasteiger partial charge in [-0.1, -0.05) is 18.9 Å². The first-order valence-electron chi connectivity index (χ1n) is 5.29. The van der Waals surface area contributed by atoms with Gasteiger partial charge in [-0.15, -0.1) is 0 Å². The van der Waals surface area contributed by atoms with Crippen molar-refractivity contribution in [1.82, 2.24) is 0 Å². The van der Waals surface area contributed by atoms with E-state index in [1.165, 1.54) is 18.4 Å². The monoisotopic (exact) mass is 269 g/mol. The molecule has 1 unspecified atom stereocenters. The van der Waals surface area contributed by atoms with Gasteiger partial charge in [-0.3, -0.25) is 0 Å². The molecule has 1 aromatic rings. The Balaban J connectivity index is 2.09. The standard InChI is InChI=1S/C12H16BrNO/c1-15-12-5-4-9(7-10(12)13)11(14)6-8-2-3-8/h4-5,7-8,11H,2-3,6,14H2,1H3. The molecule has 2 rings (SSSR count). The number of hydrogen-bond acceptors (Lipinski definition) is 2. The van der Waals surface area contributed by atoms with Crippen LogP contribution in [0, 0.1) is 5.92 Å². The number of rotatable bonds is 4. The van der Waals surface area contributed by atoms with E-state index in [1.807, 2.05) is 6.07 Å². The van der Waals surface area contributed by atoms with Gasteiger partial charge >= 0.3 is 0 Å². The van der Waals surface area contributed by atoms with Crippen molar-refractivity contribution in [2.45, 2.75) is 25.3 Å². The van der Waals surface area contributed by atoms with Crippen LogP contribution >= 0.6 is 15.9 Å². The average Bonchev–Trinajstić information content (AvgIpc) is 3.01. The Labute approximate surface area is 98.9 Å². The molecule has 0 aliphatic heterocycles. The summed E-state index contributed by atoms with van der Waals surface area (Å²) in [5, 5.41) is 0. The quantitative estimate of drug-likeness (QED) is 0.911. The Morgan fingerprint density at radius 3 is 2.80 bits per heavy atom. The Morgan fingerprint density at radius 1 is 1.53 bits per heavy atom. The van der Waals surface area contributed by atoms with E-state index in [1.54, 1.807) is 7.11 Å². The topological polar surface area (TPSA) is 35.2 Å². The summed E-state index contributed by atoms with van der Waals surface area (Å²) in [5.41, 5.74) is 7.32. The summed E-state index contributed by atoms with van der Waals surface area (Å²) < 4.78 is 6.17. The second kappa shape index (κ2) is 4.54. The second-order valence-corrected chi connectivity index (χ2v) is 5.03. The molecule has 2 nitrogen and oxygen atoms in total. The zero-order valence-electron chi connectivity index (χ0n) is 8.87. The van der Waals surface area contributed by atoms with Gasteiger partial charge in [0, 0.05) is 6.04 Å². The lowest BCUT2D eigenvalue weighted by atomic mass is 10.0. The minimum Gasteiger partial charge on any atom is -0.496 e. The SMILES string of the molecule is COc1ccc(C(N)CC2CC2)cc1Br. The normalized spacial score (nSPS) is 17.5. The molecule has 1 aromatic carbocycles. The molecule has 0 aromatic heterocycles. The first-order valence-corrected chi connectivity index (χ1v) is 6.09. The van der Waals surface area contributed by atoms with Gasteiger partial charge in [-0.05, 0) is 46.0 Å². The number of nitrogens with two attached hydrogens (primary N) is 1. The molecule has 1 atom stereocenters. The maximum absolute atomic E-state index is 6.13. The molecule has 0 radical (unpaired) electrons. The second-order valence-electron chi connectivity index (χ2n) is 4.18. The lowest BCUT2D eigenvalue weighted by Crippen LogP contribution is -2.10. The van der Waals surface area contributed by atoms with Crippen molar-refractivity contribution in [2.75, 3.05) is 7.11 Å². The third-order valence-corrected chi connectivity index (χ3v) is 3.51. The highest BCUT2D eigenvalue weighted by Gasteiger charge is 2.24. The van der Waals surface area contributed by atoms with Crippen molar-refractivity contribution in [1.29, 1.82) is 0 Å². The highest BCUT2D eigenvalue weighted by molar-refractivity contribution is 9.10. The molecular weight excluding hydrogens is 254 g/mol. The van der Waals surface area contributed by atoms with E-state index in [2.05, 4.69) is 28.1 Å². The number of ether oxygens (including phenoxy) is 1. The fourth-order valence-electron chi connectivity index (χ4n) is 1.76. The van der Waals surface area contributed by atoms with Gasteiger partial charge in [0.1, 0.15) is 5.75 Å². The Bertz CT molecular complexity index is 349. The molecule has 82 valence electrons. The first kappa shape index (κ1) is 11.0. The van der Waals surface area contributed by atoms with Crippen LogP contribution in [0.4, 0.5) is 0 Å². The molecule has 0 saturated heterocycles. The van der Waals surface area contributed by atoms with Gasteiger partial charge in [0.2, 0.25) is 0 Å². The van der Waals surface area contributed by atoms with E-state index < -0.39 is 0 Å². The molecule has 0 heterocycles. The van der Waals surface area contributed by atoms with Crippen molar-refractivity contribution in [2.24, 2.45) is 11.7 Å². The van der Waals surface area contributed by atoms with E-state index >= 15 is 0 Å². The van der Waals surface area contributed by atoms with E-state index in [9.17, 15) is 0 Å². The number of methoxy groups -OCH3 is 1. The highest BCUT2D eigenvalue weighted by atomic mass is 79.9. The van der Waals surface area contributed by atoms with Crippen molar-refractivity contribution in [3.8, 4) is 5.75 Å². The molecule has 0 bridgehead atoms.